The molecule has 2 aliphatic heterocycles. The van der Waals surface area contributed by atoms with Crippen LogP contribution in [0.25, 0.3) is 0 Å². The number of ether oxygens (including phenoxy) is 2. The van der Waals surface area contributed by atoms with Crippen molar-refractivity contribution in [3.63, 3.8) is 0 Å². The number of methoxy groups -OCH3 is 1. The molecule has 0 aromatic heterocycles. The van der Waals surface area contributed by atoms with E-state index in [0.29, 0.717) is 13.0 Å². The Bertz CT molecular complexity index is 537. The number of likely N-dealkylation sites (tertiary alicyclic amines) is 1. The number of carbonyl (C=O) groups excluding carboxylic acids is 1. The molecule has 0 N–H and O–H groups in total. The van der Waals surface area contributed by atoms with E-state index >= 15 is 0 Å². The first-order chi connectivity index (χ1) is 10.6. The first-order valence-corrected chi connectivity index (χ1v) is 8.14. The van der Waals surface area contributed by atoms with E-state index in [0.717, 1.165) is 38.0 Å². The third-order valence-corrected chi connectivity index (χ3v) is 5.15. The highest BCUT2D eigenvalue weighted by Crippen LogP contribution is 2.37. The second kappa shape index (κ2) is 6.39. The van der Waals surface area contributed by atoms with E-state index in [-0.39, 0.29) is 17.6 Å². The quantitative estimate of drug-likeness (QED) is 0.860. The summed E-state index contributed by atoms with van der Waals surface area (Å²) in [5.41, 5.74) is 2.12. The summed E-state index contributed by atoms with van der Waals surface area (Å²) >= 11 is 0. The fourth-order valence-corrected chi connectivity index (χ4v) is 3.71. The van der Waals surface area contributed by atoms with Gasteiger partial charge in [0.2, 0.25) is 5.91 Å². The summed E-state index contributed by atoms with van der Waals surface area (Å²) in [6.45, 7) is 4.28. The zero-order valence-electron chi connectivity index (χ0n) is 13.5. The fraction of sp³-hybridized carbons (Fsp3) is 0.611. The standard InChI is InChI=1S/C18H25NO3/c1-14-6-3-4-7-15(14)12-17(20)19-10-9-18(8-5-11-22-18)16(13-19)21-2/h3-4,6-7,16H,5,8-13H2,1-2H3/t16-,18-/m0/s1. The summed E-state index contributed by atoms with van der Waals surface area (Å²) in [5, 5.41) is 0. The molecule has 2 heterocycles. The van der Waals surface area contributed by atoms with Crippen molar-refractivity contribution in [1.29, 1.82) is 0 Å². The number of hydrogen-bond acceptors (Lipinski definition) is 3. The lowest BCUT2D eigenvalue weighted by atomic mass is 9.85. The summed E-state index contributed by atoms with van der Waals surface area (Å²) in [7, 11) is 1.73. The van der Waals surface area contributed by atoms with Crippen LogP contribution < -0.4 is 0 Å². The number of carbonyl (C=O) groups is 1. The van der Waals surface area contributed by atoms with Gasteiger partial charge in [-0.2, -0.15) is 0 Å². The lowest BCUT2D eigenvalue weighted by Crippen LogP contribution is -2.57. The minimum absolute atomic E-state index is 0.00966. The second-order valence-corrected chi connectivity index (χ2v) is 6.43. The predicted octanol–water partition coefficient (Wildman–Crippen LogP) is 2.33. The topological polar surface area (TPSA) is 38.8 Å². The monoisotopic (exact) mass is 303 g/mol. The van der Waals surface area contributed by atoms with Crippen molar-refractivity contribution in [3.8, 4) is 0 Å². The van der Waals surface area contributed by atoms with Crippen molar-refractivity contribution in [3.05, 3.63) is 35.4 Å². The Hall–Kier alpha value is -1.39. The van der Waals surface area contributed by atoms with Gasteiger partial charge in [0.25, 0.3) is 0 Å². The van der Waals surface area contributed by atoms with Gasteiger partial charge in [-0.3, -0.25) is 4.79 Å². The van der Waals surface area contributed by atoms with Crippen LogP contribution in [0.4, 0.5) is 0 Å². The zero-order valence-corrected chi connectivity index (χ0v) is 13.5. The third kappa shape index (κ3) is 2.90. The van der Waals surface area contributed by atoms with Crippen LogP contribution in [0.2, 0.25) is 0 Å². The average molecular weight is 303 g/mol. The van der Waals surface area contributed by atoms with Crippen LogP contribution >= 0.6 is 0 Å². The zero-order chi connectivity index (χ0) is 15.6. The molecule has 0 radical (unpaired) electrons. The van der Waals surface area contributed by atoms with E-state index in [1.54, 1.807) is 7.11 Å². The number of hydrogen-bond donors (Lipinski definition) is 0. The van der Waals surface area contributed by atoms with Crippen molar-refractivity contribution < 1.29 is 14.3 Å². The van der Waals surface area contributed by atoms with E-state index in [9.17, 15) is 4.79 Å². The van der Waals surface area contributed by atoms with Crippen LogP contribution in [0.5, 0.6) is 0 Å². The number of piperidine rings is 1. The lowest BCUT2D eigenvalue weighted by Gasteiger charge is -2.44. The van der Waals surface area contributed by atoms with Gasteiger partial charge in [-0.1, -0.05) is 24.3 Å². The minimum atomic E-state index is -0.159. The molecule has 0 saturated carbocycles. The number of rotatable bonds is 3. The summed E-state index contributed by atoms with van der Waals surface area (Å²) in [6.07, 6.45) is 3.48. The molecule has 4 nitrogen and oxygen atoms in total. The lowest BCUT2D eigenvalue weighted by molar-refractivity contribution is -0.158. The van der Waals surface area contributed by atoms with Crippen LogP contribution in [-0.4, -0.2) is 49.3 Å². The maximum atomic E-state index is 12.6. The number of aryl methyl sites for hydroxylation is 1. The Kier molecular flexibility index (Phi) is 4.50. The van der Waals surface area contributed by atoms with Gasteiger partial charge < -0.3 is 14.4 Å². The molecule has 1 amide bonds. The van der Waals surface area contributed by atoms with Gasteiger partial charge in [0.05, 0.1) is 12.0 Å². The van der Waals surface area contributed by atoms with Crippen molar-refractivity contribution in [2.75, 3.05) is 26.8 Å². The maximum Gasteiger partial charge on any atom is 0.227 e. The normalized spacial score (nSPS) is 28.3. The van der Waals surface area contributed by atoms with E-state index in [1.807, 2.05) is 23.1 Å². The highest BCUT2D eigenvalue weighted by atomic mass is 16.5. The third-order valence-electron chi connectivity index (χ3n) is 5.15. The SMILES string of the molecule is CO[C@H]1CN(C(=O)Cc2ccccc2C)CC[C@@]12CCCO2. The first kappa shape index (κ1) is 15.5. The first-order valence-electron chi connectivity index (χ1n) is 8.14. The van der Waals surface area contributed by atoms with E-state index < -0.39 is 0 Å². The minimum Gasteiger partial charge on any atom is -0.377 e. The van der Waals surface area contributed by atoms with Gasteiger partial charge in [0.15, 0.2) is 0 Å². The number of benzene rings is 1. The van der Waals surface area contributed by atoms with Crippen LogP contribution in [-0.2, 0) is 20.7 Å². The molecule has 1 aromatic rings. The maximum absolute atomic E-state index is 12.6. The fourth-order valence-electron chi connectivity index (χ4n) is 3.71. The molecule has 2 saturated heterocycles. The van der Waals surface area contributed by atoms with Crippen molar-refractivity contribution in [1.82, 2.24) is 4.90 Å². The van der Waals surface area contributed by atoms with E-state index in [2.05, 4.69) is 13.0 Å². The van der Waals surface area contributed by atoms with Gasteiger partial charge in [0, 0.05) is 26.8 Å². The van der Waals surface area contributed by atoms with E-state index in [1.165, 1.54) is 5.56 Å². The highest BCUT2D eigenvalue weighted by Gasteiger charge is 2.47. The molecule has 120 valence electrons. The highest BCUT2D eigenvalue weighted by molar-refractivity contribution is 5.79. The van der Waals surface area contributed by atoms with Gasteiger partial charge in [0.1, 0.15) is 6.10 Å². The summed E-state index contributed by atoms with van der Waals surface area (Å²) in [5.74, 6) is 0.184. The molecule has 0 aliphatic carbocycles. The Morgan fingerprint density at radius 2 is 2.23 bits per heavy atom. The van der Waals surface area contributed by atoms with Crippen LogP contribution in [0, 0.1) is 6.92 Å². The van der Waals surface area contributed by atoms with Crippen LogP contribution in [0.3, 0.4) is 0 Å². The Morgan fingerprint density at radius 3 is 2.91 bits per heavy atom. The van der Waals surface area contributed by atoms with Crippen LogP contribution in [0.15, 0.2) is 24.3 Å². The second-order valence-electron chi connectivity index (χ2n) is 6.43. The van der Waals surface area contributed by atoms with Gasteiger partial charge in [-0.25, -0.2) is 0 Å². The molecular formula is C18H25NO3. The van der Waals surface area contributed by atoms with Crippen molar-refractivity contribution in [2.45, 2.75) is 44.3 Å². The van der Waals surface area contributed by atoms with Crippen LogP contribution in [0.1, 0.15) is 30.4 Å². The van der Waals surface area contributed by atoms with Gasteiger partial charge >= 0.3 is 0 Å². The molecule has 22 heavy (non-hydrogen) atoms. The summed E-state index contributed by atoms with van der Waals surface area (Å²) in [4.78, 5) is 14.6. The number of amides is 1. The molecular weight excluding hydrogens is 278 g/mol. The Morgan fingerprint density at radius 1 is 1.41 bits per heavy atom. The van der Waals surface area contributed by atoms with Crippen molar-refractivity contribution >= 4 is 5.91 Å². The van der Waals surface area contributed by atoms with Gasteiger partial charge in [-0.15, -0.1) is 0 Å². The molecule has 3 rings (SSSR count). The molecule has 1 spiro atoms. The summed E-state index contributed by atoms with van der Waals surface area (Å²) < 4.78 is 11.7. The van der Waals surface area contributed by atoms with Gasteiger partial charge in [-0.05, 0) is 37.3 Å². The average Bonchev–Trinajstić information content (AvgIpc) is 2.99. The largest absolute Gasteiger partial charge is 0.377 e. The molecule has 2 fully saturated rings. The molecule has 1 aromatic carbocycles. The molecule has 0 bridgehead atoms. The predicted molar refractivity (Wildman–Crippen MR) is 84.8 cm³/mol. The molecule has 4 heteroatoms. The molecule has 0 unspecified atom stereocenters. The number of nitrogens with zero attached hydrogens (tertiary/aromatic N) is 1. The molecule has 2 aliphatic rings. The molecule has 2 atom stereocenters. The Balaban J connectivity index is 1.66. The Labute approximate surface area is 132 Å². The smallest absolute Gasteiger partial charge is 0.227 e. The summed E-state index contributed by atoms with van der Waals surface area (Å²) in [6, 6.07) is 8.09. The van der Waals surface area contributed by atoms with E-state index in [4.69, 9.17) is 9.47 Å². The van der Waals surface area contributed by atoms with Crippen molar-refractivity contribution in [2.24, 2.45) is 0 Å².